The van der Waals surface area contributed by atoms with Crippen LogP contribution in [0.3, 0.4) is 0 Å². The molecule has 0 radical (unpaired) electrons. The SMILES string of the molecule is Cc1ccccc1-c1nc(-c2ccc(OCCc3ccccc3)c(O)c2)no1. The van der Waals surface area contributed by atoms with Crippen molar-refractivity contribution in [2.75, 3.05) is 6.61 Å². The van der Waals surface area contributed by atoms with Crippen molar-refractivity contribution in [3.8, 4) is 34.3 Å². The number of phenolic OH excluding ortho intramolecular Hbond substituents is 1. The van der Waals surface area contributed by atoms with Gasteiger partial charge in [0, 0.05) is 17.5 Å². The van der Waals surface area contributed by atoms with Crippen molar-refractivity contribution < 1.29 is 14.4 Å². The second-order valence-electron chi connectivity index (χ2n) is 6.50. The van der Waals surface area contributed by atoms with Crippen LogP contribution in [0.5, 0.6) is 11.5 Å². The zero-order valence-corrected chi connectivity index (χ0v) is 15.5. The van der Waals surface area contributed by atoms with Crippen LogP contribution in [0.15, 0.2) is 77.3 Å². The van der Waals surface area contributed by atoms with Crippen LogP contribution >= 0.6 is 0 Å². The van der Waals surface area contributed by atoms with E-state index in [9.17, 15) is 5.11 Å². The van der Waals surface area contributed by atoms with E-state index in [0.29, 0.717) is 29.6 Å². The first-order valence-corrected chi connectivity index (χ1v) is 9.10. The highest BCUT2D eigenvalue weighted by molar-refractivity contribution is 5.64. The number of phenols is 1. The smallest absolute Gasteiger partial charge is 0.258 e. The number of hydrogen-bond acceptors (Lipinski definition) is 5. The Morgan fingerprint density at radius 3 is 2.54 bits per heavy atom. The highest BCUT2D eigenvalue weighted by Gasteiger charge is 2.14. The molecule has 1 heterocycles. The van der Waals surface area contributed by atoms with E-state index < -0.39 is 0 Å². The van der Waals surface area contributed by atoms with Crippen LogP contribution in [-0.4, -0.2) is 21.9 Å². The molecule has 0 saturated heterocycles. The molecular formula is C23H20N2O3. The van der Waals surface area contributed by atoms with Crippen LogP contribution < -0.4 is 4.74 Å². The summed E-state index contributed by atoms with van der Waals surface area (Å²) in [6.07, 6.45) is 0.770. The molecule has 0 fully saturated rings. The lowest BCUT2D eigenvalue weighted by molar-refractivity contribution is 0.303. The highest BCUT2D eigenvalue weighted by atomic mass is 16.5. The lowest BCUT2D eigenvalue weighted by Crippen LogP contribution is -2.01. The van der Waals surface area contributed by atoms with Gasteiger partial charge in [-0.3, -0.25) is 0 Å². The Morgan fingerprint density at radius 2 is 1.75 bits per heavy atom. The average Bonchev–Trinajstić information content (AvgIpc) is 3.20. The predicted octanol–water partition coefficient (Wildman–Crippen LogP) is 5.04. The summed E-state index contributed by atoms with van der Waals surface area (Å²) >= 11 is 0. The van der Waals surface area contributed by atoms with E-state index in [-0.39, 0.29) is 5.75 Å². The van der Waals surface area contributed by atoms with Crippen molar-refractivity contribution >= 4 is 0 Å². The third-order valence-electron chi connectivity index (χ3n) is 4.51. The van der Waals surface area contributed by atoms with Gasteiger partial charge in [0.2, 0.25) is 5.82 Å². The van der Waals surface area contributed by atoms with Crippen LogP contribution in [0.1, 0.15) is 11.1 Å². The molecule has 0 amide bonds. The molecule has 140 valence electrons. The number of rotatable bonds is 6. The Morgan fingerprint density at radius 1 is 0.964 bits per heavy atom. The van der Waals surface area contributed by atoms with Gasteiger partial charge in [-0.1, -0.05) is 53.7 Å². The first-order valence-electron chi connectivity index (χ1n) is 9.10. The maximum absolute atomic E-state index is 10.3. The Balaban J connectivity index is 1.47. The second-order valence-corrected chi connectivity index (χ2v) is 6.50. The third kappa shape index (κ3) is 3.88. The number of aryl methyl sites for hydroxylation is 1. The Bertz CT molecular complexity index is 1070. The van der Waals surface area contributed by atoms with Crippen molar-refractivity contribution in [2.45, 2.75) is 13.3 Å². The largest absolute Gasteiger partial charge is 0.504 e. The Labute approximate surface area is 163 Å². The minimum atomic E-state index is 0.0489. The molecule has 4 aromatic rings. The van der Waals surface area contributed by atoms with E-state index in [1.165, 1.54) is 5.56 Å². The summed E-state index contributed by atoms with van der Waals surface area (Å²) in [6, 6.07) is 23.0. The monoisotopic (exact) mass is 372 g/mol. The number of aromatic nitrogens is 2. The lowest BCUT2D eigenvalue weighted by atomic mass is 10.1. The molecular weight excluding hydrogens is 352 g/mol. The van der Waals surface area contributed by atoms with Crippen LogP contribution in [-0.2, 0) is 6.42 Å². The summed E-state index contributed by atoms with van der Waals surface area (Å²) in [6.45, 7) is 2.48. The van der Waals surface area contributed by atoms with E-state index in [4.69, 9.17) is 9.26 Å². The van der Waals surface area contributed by atoms with Crippen molar-refractivity contribution in [2.24, 2.45) is 0 Å². The Kier molecular flexibility index (Phi) is 5.06. The molecule has 1 aromatic heterocycles. The van der Waals surface area contributed by atoms with Gasteiger partial charge in [-0.15, -0.1) is 0 Å². The van der Waals surface area contributed by atoms with Gasteiger partial charge in [-0.05, 0) is 42.3 Å². The van der Waals surface area contributed by atoms with Crippen molar-refractivity contribution in [1.82, 2.24) is 10.1 Å². The van der Waals surface area contributed by atoms with Crippen molar-refractivity contribution in [3.63, 3.8) is 0 Å². The number of aromatic hydroxyl groups is 1. The Hall–Kier alpha value is -3.60. The first-order chi connectivity index (χ1) is 13.7. The normalized spacial score (nSPS) is 10.8. The van der Waals surface area contributed by atoms with Crippen LogP contribution in [0.25, 0.3) is 22.8 Å². The fraction of sp³-hybridized carbons (Fsp3) is 0.130. The standard InChI is InChI=1S/C23H20N2O3/c1-16-7-5-6-10-19(16)23-24-22(25-28-23)18-11-12-21(20(26)15-18)27-14-13-17-8-3-2-4-9-17/h2-12,15,26H,13-14H2,1H3. The molecule has 0 unspecified atom stereocenters. The number of ether oxygens (including phenoxy) is 1. The maximum Gasteiger partial charge on any atom is 0.258 e. The third-order valence-corrected chi connectivity index (χ3v) is 4.51. The summed E-state index contributed by atoms with van der Waals surface area (Å²) in [5.74, 6) is 1.36. The number of hydrogen-bond donors (Lipinski definition) is 1. The van der Waals surface area contributed by atoms with Gasteiger partial charge < -0.3 is 14.4 Å². The van der Waals surface area contributed by atoms with Gasteiger partial charge in [0.1, 0.15) is 0 Å². The quantitative estimate of drug-likeness (QED) is 0.513. The summed E-state index contributed by atoms with van der Waals surface area (Å²) in [5.41, 5.74) is 3.81. The molecule has 28 heavy (non-hydrogen) atoms. The van der Waals surface area contributed by atoms with E-state index in [1.807, 2.05) is 55.5 Å². The predicted molar refractivity (Wildman–Crippen MR) is 107 cm³/mol. The first kappa shape index (κ1) is 17.8. The summed E-state index contributed by atoms with van der Waals surface area (Å²) < 4.78 is 11.1. The molecule has 4 rings (SSSR count). The minimum absolute atomic E-state index is 0.0489. The topological polar surface area (TPSA) is 68.4 Å². The summed E-state index contributed by atoms with van der Waals surface area (Å²) in [5, 5.41) is 14.3. The zero-order chi connectivity index (χ0) is 19.3. The molecule has 3 aromatic carbocycles. The van der Waals surface area contributed by atoms with Crippen LogP contribution in [0.2, 0.25) is 0 Å². The molecule has 5 heteroatoms. The van der Waals surface area contributed by atoms with E-state index in [0.717, 1.165) is 17.5 Å². The van der Waals surface area contributed by atoms with E-state index >= 15 is 0 Å². The average molecular weight is 372 g/mol. The number of nitrogens with zero attached hydrogens (tertiary/aromatic N) is 2. The molecule has 0 bridgehead atoms. The summed E-state index contributed by atoms with van der Waals surface area (Å²) in [4.78, 5) is 4.45. The van der Waals surface area contributed by atoms with E-state index in [2.05, 4.69) is 22.3 Å². The van der Waals surface area contributed by atoms with E-state index in [1.54, 1.807) is 12.1 Å². The second kappa shape index (κ2) is 7.96. The molecule has 0 aliphatic rings. The zero-order valence-electron chi connectivity index (χ0n) is 15.5. The molecule has 5 nitrogen and oxygen atoms in total. The highest BCUT2D eigenvalue weighted by Crippen LogP contribution is 2.32. The molecule has 0 aliphatic heterocycles. The maximum atomic E-state index is 10.3. The lowest BCUT2D eigenvalue weighted by Gasteiger charge is -2.08. The molecule has 0 atom stereocenters. The van der Waals surface area contributed by atoms with Crippen LogP contribution in [0.4, 0.5) is 0 Å². The van der Waals surface area contributed by atoms with Crippen LogP contribution in [0, 0.1) is 6.92 Å². The fourth-order valence-electron chi connectivity index (χ4n) is 2.97. The molecule has 1 N–H and O–H groups in total. The molecule has 0 spiro atoms. The van der Waals surface area contributed by atoms with Crippen molar-refractivity contribution in [1.29, 1.82) is 0 Å². The van der Waals surface area contributed by atoms with Gasteiger partial charge in [0.25, 0.3) is 5.89 Å². The van der Waals surface area contributed by atoms with Gasteiger partial charge in [-0.2, -0.15) is 4.98 Å². The number of benzene rings is 3. The van der Waals surface area contributed by atoms with Gasteiger partial charge in [0.05, 0.1) is 6.61 Å². The molecule has 0 saturated carbocycles. The van der Waals surface area contributed by atoms with Gasteiger partial charge >= 0.3 is 0 Å². The molecule has 0 aliphatic carbocycles. The van der Waals surface area contributed by atoms with Crippen molar-refractivity contribution in [3.05, 3.63) is 83.9 Å². The van der Waals surface area contributed by atoms with Gasteiger partial charge in [0.15, 0.2) is 11.5 Å². The summed E-state index contributed by atoms with van der Waals surface area (Å²) in [7, 11) is 0. The van der Waals surface area contributed by atoms with Gasteiger partial charge in [-0.25, -0.2) is 0 Å². The minimum Gasteiger partial charge on any atom is -0.504 e. The fourth-order valence-corrected chi connectivity index (χ4v) is 2.97.